The van der Waals surface area contributed by atoms with Gasteiger partial charge in [-0.1, -0.05) is 0 Å². The number of pyridine rings is 1. The number of carbonyl (C=O) groups excluding carboxylic acids is 1. The molecule has 0 unspecified atom stereocenters. The molecule has 2 aromatic heterocycles. The Labute approximate surface area is 104 Å². The minimum Gasteiger partial charge on any atom is -0.372 e. The number of anilines is 2. The Hall–Kier alpha value is -2.50. The molecule has 2 aromatic rings. The summed E-state index contributed by atoms with van der Waals surface area (Å²) in [6, 6.07) is 5.05. The molecule has 0 saturated heterocycles. The van der Waals surface area contributed by atoms with Crippen molar-refractivity contribution in [1.29, 1.82) is 0 Å². The fraction of sp³-hybridized carbons (Fsp3) is 0.167. The highest BCUT2D eigenvalue weighted by atomic mass is 16.1. The quantitative estimate of drug-likeness (QED) is 0.853. The Bertz CT molecular complexity index is 553. The van der Waals surface area contributed by atoms with E-state index in [-0.39, 0.29) is 11.6 Å². The fourth-order valence-electron chi connectivity index (χ4n) is 1.39. The van der Waals surface area contributed by atoms with Crippen molar-refractivity contribution in [3.8, 4) is 0 Å². The summed E-state index contributed by atoms with van der Waals surface area (Å²) in [7, 11) is 1.74. The van der Waals surface area contributed by atoms with Gasteiger partial charge < -0.3 is 10.6 Å². The number of aryl methyl sites for hydroxylation is 1. The van der Waals surface area contributed by atoms with Crippen molar-refractivity contribution in [3.05, 3.63) is 41.9 Å². The molecule has 0 radical (unpaired) electrons. The second kappa shape index (κ2) is 5.22. The molecule has 18 heavy (non-hydrogen) atoms. The molecule has 92 valence electrons. The number of nitrogens with zero attached hydrogens (tertiary/aromatic N) is 3. The summed E-state index contributed by atoms with van der Waals surface area (Å²) in [5, 5.41) is 13.3. The third kappa shape index (κ3) is 2.60. The van der Waals surface area contributed by atoms with Crippen LogP contribution in [0.15, 0.2) is 30.6 Å². The predicted octanol–water partition coefficient (Wildman–Crippen LogP) is 1.47. The minimum absolute atomic E-state index is 0.269. The van der Waals surface area contributed by atoms with Crippen LogP contribution in [0.5, 0.6) is 0 Å². The number of hydrogen-bond donors (Lipinski definition) is 2. The number of nitrogens with one attached hydrogen (secondary N) is 2. The summed E-state index contributed by atoms with van der Waals surface area (Å²) in [4.78, 5) is 15.9. The first-order chi connectivity index (χ1) is 8.70. The van der Waals surface area contributed by atoms with Crippen LogP contribution in [-0.2, 0) is 0 Å². The maximum Gasteiger partial charge on any atom is 0.276 e. The SMILES string of the molecule is CNc1ccc(C(=O)Nc2ccncc2C)nn1. The molecular formula is C12H13N5O. The normalized spacial score (nSPS) is 9.89. The van der Waals surface area contributed by atoms with Gasteiger partial charge in [0.05, 0.1) is 0 Å². The topological polar surface area (TPSA) is 79.8 Å². The molecule has 6 nitrogen and oxygen atoms in total. The van der Waals surface area contributed by atoms with Gasteiger partial charge in [-0.25, -0.2) is 0 Å². The average Bonchev–Trinajstić information content (AvgIpc) is 2.41. The zero-order chi connectivity index (χ0) is 13.0. The van der Waals surface area contributed by atoms with Crippen LogP contribution in [0.3, 0.4) is 0 Å². The van der Waals surface area contributed by atoms with Gasteiger partial charge >= 0.3 is 0 Å². The molecule has 1 amide bonds. The molecule has 0 aliphatic rings. The Morgan fingerprint density at radius 2 is 2.06 bits per heavy atom. The van der Waals surface area contributed by atoms with E-state index in [4.69, 9.17) is 0 Å². The van der Waals surface area contributed by atoms with Gasteiger partial charge in [0.15, 0.2) is 5.69 Å². The minimum atomic E-state index is -0.292. The standard InChI is InChI=1S/C12H13N5O/c1-8-7-14-6-5-9(8)15-12(18)10-3-4-11(13-2)17-16-10/h3-7H,1-2H3,(H,13,17)(H,14,15,18). The Kier molecular flexibility index (Phi) is 3.47. The van der Waals surface area contributed by atoms with Crippen LogP contribution in [0.25, 0.3) is 0 Å². The van der Waals surface area contributed by atoms with Crippen molar-refractivity contribution >= 4 is 17.4 Å². The van der Waals surface area contributed by atoms with Crippen molar-refractivity contribution in [2.24, 2.45) is 0 Å². The zero-order valence-corrected chi connectivity index (χ0v) is 10.1. The van der Waals surface area contributed by atoms with Gasteiger partial charge in [0.1, 0.15) is 5.82 Å². The molecule has 0 saturated carbocycles. The van der Waals surface area contributed by atoms with E-state index in [1.807, 2.05) is 6.92 Å². The van der Waals surface area contributed by atoms with E-state index in [0.29, 0.717) is 5.82 Å². The van der Waals surface area contributed by atoms with Crippen molar-refractivity contribution in [2.45, 2.75) is 6.92 Å². The first-order valence-electron chi connectivity index (χ1n) is 5.44. The van der Waals surface area contributed by atoms with E-state index in [2.05, 4.69) is 25.8 Å². The molecule has 0 spiro atoms. The zero-order valence-electron chi connectivity index (χ0n) is 10.1. The predicted molar refractivity (Wildman–Crippen MR) is 68.5 cm³/mol. The Balaban J connectivity index is 2.14. The van der Waals surface area contributed by atoms with Crippen molar-refractivity contribution in [3.63, 3.8) is 0 Å². The third-order valence-corrected chi connectivity index (χ3v) is 2.42. The highest BCUT2D eigenvalue weighted by Crippen LogP contribution is 2.12. The van der Waals surface area contributed by atoms with E-state index >= 15 is 0 Å². The number of carbonyl (C=O) groups is 1. The summed E-state index contributed by atoms with van der Waals surface area (Å²) in [5.74, 6) is 0.325. The molecule has 2 heterocycles. The molecule has 6 heteroatoms. The van der Waals surface area contributed by atoms with Gasteiger partial charge in [0.2, 0.25) is 0 Å². The number of aromatic nitrogens is 3. The Morgan fingerprint density at radius 3 is 2.67 bits per heavy atom. The fourth-order valence-corrected chi connectivity index (χ4v) is 1.39. The number of rotatable bonds is 3. The monoisotopic (exact) mass is 243 g/mol. The number of amides is 1. The maximum atomic E-state index is 11.9. The van der Waals surface area contributed by atoms with Gasteiger partial charge in [0, 0.05) is 25.1 Å². The highest BCUT2D eigenvalue weighted by Gasteiger charge is 2.09. The molecule has 0 aliphatic heterocycles. The van der Waals surface area contributed by atoms with Gasteiger partial charge in [0.25, 0.3) is 5.91 Å². The molecule has 2 N–H and O–H groups in total. The summed E-state index contributed by atoms with van der Waals surface area (Å²) >= 11 is 0. The van der Waals surface area contributed by atoms with Crippen LogP contribution < -0.4 is 10.6 Å². The largest absolute Gasteiger partial charge is 0.372 e. The molecule has 0 aromatic carbocycles. The number of hydrogen-bond acceptors (Lipinski definition) is 5. The van der Waals surface area contributed by atoms with Crippen LogP contribution >= 0.6 is 0 Å². The molecule has 0 aliphatic carbocycles. The van der Waals surface area contributed by atoms with Crippen molar-refractivity contribution in [1.82, 2.24) is 15.2 Å². The first-order valence-corrected chi connectivity index (χ1v) is 5.44. The van der Waals surface area contributed by atoms with Crippen LogP contribution in [-0.4, -0.2) is 28.1 Å². The summed E-state index contributed by atoms with van der Waals surface area (Å²) in [5.41, 5.74) is 1.88. The van der Waals surface area contributed by atoms with E-state index in [1.165, 1.54) is 0 Å². The van der Waals surface area contributed by atoms with E-state index in [0.717, 1.165) is 11.3 Å². The molecule has 2 rings (SSSR count). The van der Waals surface area contributed by atoms with Crippen LogP contribution in [0.2, 0.25) is 0 Å². The second-order valence-electron chi connectivity index (χ2n) is 3.70. The van der Waals surface area contributed by atoms with Gasteiger partial charge in [-0.05, 0) is 30.7 Å². The van der Waals surface area contributed by atoms with Crippen molar-refractivity contribution < 1.29 is 4.79 Å². The van der Waals surface area contributed by atoms with E-state index in [1.54, 1.807) is 37.6 Å². The molecule has 0 atom stereocenters. The van der Waals surface area contributed by atoms with E-state index in [9.17, 15) is 4.79 Å². The summed E-state index contributed by atoms with van der Waals surface area (Å²) in [6.45, 7) is 1.87. The second-order valence-corrected chi connectivity index (χ2v) is 3.70. The summed E-state index contributed by atoms with van der Waals surface area (Å²) < 4.78 is 0. The van der Waals surface area contributed by atoms with Gasteiger partial charge in [-0.15, -0.1) is 10.2 Å². The maximum absolute atomic E-state index is 11.9. The van der Waals surface area contributed by atoms with Crippen LogP contribution in [0, 0.1) is 6.92 Å². The van der Waals surface area contributed by atoms with E-state index < -0.39 is 0 Å². The molecule has 0 fully saturated rings. The average molecular weight is 243 g/mol. The Morgan fingerprint density at radius 1 is 1.22 bits per heavy atom. The smallest absolute Gasteiger partial charge is 0.276 e. The van der Waals surface area contributed by atoms with Gasteiger partial charge in [-0.2, -0.15) is 0 Å². The van der Waals surface area contributed by atoms with Gasteiger partial charge in [-0.3, -0.25) is 9.78 Å². The lowest BCUT2D eigenvalue weighted by Crippen LogP contribution is -2.15. The highest BCUT2D eigenvalue weighted by molar-refractivity contribution is 6.03. The van der Waals surface area contributed by atoms with Crippen LogP contribution in [0.4, 0.5) is 11.5 Å². The van der Waals surface area contributed by atoms with Crippen molar-refractivity contribution in [2.75, 3.05) is 17.7 Å². The first kappa shape index (κ1) is 12.0. The lowest BCUT2D eigenvalue weighted by atomic mass is 10.2. The third-order valence-electron chi connectivity index (χ3n) is 2.42. The molecular weight excluding hydrogens is 230 g/mol. The lowest BCUT2D eigenvalue weighted by molar-refractivity contribution is 0.102. The summed E-state index contributed by atoms with van der Waals surface area (Å²) in [6.07, 6.45) is 3.31. The lowest BCUT2D eigenvalue weighted by Gasteiger charge is -2.06. The molecule has 0 bridgehead atoms. The van der Waals surface area contributed by atoms with Crippen LogP contribution in [0.1, 0.15) is 16.1 Å².